The number of aliphatic hydroxyl groups excluding tert-OH is 5. The molecule has 5 N–H and O–H groups in total. The lowest BCUT2D eigenvalue weighted by atomic mass is 9.92. The average Bonchev–Trinajstić information content (AvgIpc) is 2.89. The molecule has 2 aliphatic rings. The van der Waals surface area contributed by atoms with E-state index < -0.39 is 49.3 Å². The van der Waals surface area contributed by atoms with E-state index in [0.29, 0.717) is 17.5 Å². The Kier molecular flexibility index (Phi) is 6.21. The maximum atomic E-state index is 12.9. The number of aryl methyl sites for hydroxylation is 1. The number of aliphatic hydroxyl groups is 5. The number of Topliss-reactive ketones (excluding diaryl/α,β-unsaturated/α-hetero) is 1. The Morgan fingerprint density at radius 3 is 2.39 bits per heavy atom. The Bertz CT molecular complexity index is 746. The third-order valence-electron chi connectivity index (χ3n) is 5.88. The molecule has 1 fully saturated rings. The first-order valence-electron chi connectivity index (χ1n) is 9.46. The molecule has 0 aromatic heterocycles. The van der Waals surface area contributed by atoms with Crippen molar-refractivity contribution in [3.8, 4) is 0 Å². The molecule has 7 unspecified atom stereocenters. The van der Waals surface area contributed by atoms with E-state index in [9.17, 15) is 30.3 Å². The second kappa shape index (κ2) is 8.16. The highest BCUT2D eigenvalue weighted by molar-refractivity contribution is 6.04. The molecule has 28 heavy (non-hydrogen) atoms. The van der Waals surface area contributed by atoms with E-state index in [1.165, 1.54) is 0 Å². The van der Waals surface area contributed by atoms with E-state index >= 15 is 0 Å². The lowest BCUT2D eigenvalue weighted by Gasteiger charge is -2.41. The average molecular weight is 396 g/mol. The van der Waals surface area contributed by atoms with Crippen LogP contribution in [0.15, 0.2) is 6.07 Å². The maximum absolute atomic E-state index is 12.9. The number of ketones is 1. The summed E-state index contributed by atoms with van der Waals surface area (Å²) in [5, 5.41) is 48.8. The van der Waals surface area contributed by atoms with Crippen molar-refractivity contribution in [3.63, 3.8) is 0 Å². The minimum atomic E-state index is -1.54. The minimum absolute atomic E-state index is 0.0188. The normalized spacial score (nSPS) is 35.3. The van der Waals surface area contributed by atoms with Crippen LogP contribution in [0.4, 0.5) is 0 Å². The quantitative estimate of drug-likeness (QED) is 0.451. The van der Waals surface area contributed by atoms with Crippen LogP contribution in [0.5, 0.6) is 0 Å². The lowest BCUT2D eigenvalue weighted by molar-refractivity contribution is -0.314. The number of rotatable bonds is 5. The van der Waals surface area contributed by atoms with Gasteiger partial charge >= 0.3 is 0 Å². The Labute approximate surface area is 163 Å². The molecule has 0 amide bonds. The van der Waals surface area contributed by atoms with Gasteiger partial charge in [0.25, 0.3) is 0 Å². The summed E-state index contributed by atoms with van der Waals surface area (Å²) in [6.45, 7) is 4.89. The molecule has 7 atom stereocenters. The molecule has 0 saturated carbocycles. The SMILES string of the molecule is Cc1cc2c(c(C)c1CCO)C(=O)C(C)C2OC1OC(CO)C(O)C(O)C1O. The fourth-order valence-corrected chi connectivity index (χ4v) is 4.25. The van der Waals surface area contributed by atoms with Crippen LogP contribution in [-0.2, 0) is 15.9 Å². The molecule has 1 aliphatic heterocycles. The van der Waals surface area contributed by atoms with Crippen LogP contribution in [0.3, 0.4) is 0 Å². The molecule has 1 saturated heterocycles. The molecule has 1 aromatic rings. The third-order valence-corrected chi connectivity index (χ3v) is 5.88. The predicted octanol–water partition coefficient (Wildman–Crippen LogP) is -0.472. The van der Waals surface area contributed by atoms with E-state index in [4.69, 9.17) is 9.47 Å². The van der Waals surface area contributed by atoms with Crippen molar-refractivity contribution in [2.45, 2.75) is 64.0 Å². The molecule has 8 nitrogen and oxygen atoms in total. The van der Waals surface area contributed by atoms with Crippen molar-refractivity contribution in [3.05, 3.63) is 33.9 Å². The van der Waals surface area contributed by atoms with Crippen LogP contribution in [0.25, 0.3) is 0 Å². The number of fused-ring (bicyclic) bond motifs is 1. The first kappa shape index (κ1) is 21.3. The van der Waals surface area contributed by atoms with Crippen molar-refractivity contribution in [2.75, 3.05) is 13.2 Å². The number of carbonyl (C=O) groups excluding carboxylic acids is 1. The fourth-order valence-electron chi connectivity index (χ4n) is 4.25. The standard InChI is InChI=1S/C20H28O8/c1-8-6-12-14(9(2)11(8)4-5-21)15(23)10(3)19(12)28-20-18(26)17(25)16(24)13(7-22)27-20/h6,10,13,16-22,24-26H,4-5,7H2,1-3H3. The molecular weight excluding hydrogens is 368 g/mol. The number of ether oxygens (including phenoxy) is 2. The number of hydrogen-bond donors (Lipinski definition) is 5. The van der Waals surface area contributed by atoms with Crippen molar-refractivity contribution in [1.29, 1.82) is 0 Å². The van der Waals surface area contributed by atoms with Gasteiger partial charge in [0.2, 0.25) is 0 Å². The van der Waals surface area contributed by atoms with Gasteiger partial charge in [-0.2, -0.15) is 0 Å². The second-order valence-corrected chi connectivity index (χ2v) is 7.64. The van der Waals surface area contributed by atoms with Gasteiger partial charge < -0.3 is 35.0 Å². The molecular formula is C20H28O8. The van der Waals surface area contributed by atoms with E-state index in [1.807, 2.05) is 19.9 Å². The summed E-state index contributed by atoms with van der Waals surface area (Å²) >= 11 is 0. The second-order valence-electron chi connectivity index (χ2n) is 7.64. The number of benzene rings is 1. The Morgan fingerprint density at radius 1 is 1.11 bits per heavy atom. The molecule has 0 bridgehead atoms. The summed E-state index contributed by atoms with van der Waals surface area (Å²) in [7, 11) is 0. The third kappa shape index (κ3) is 3.39. The predicted molar refractivity (Wildman–Crippen MR) is 97.8 cm³/mol. The summed E-state index contributed by atoms with van der Waals surface area (Å²) in [6.07, 6.45) is -7.18. The monoisotopic (exact) mass is 396 g/mol. The molecule has 156 valence electrons. The van der Waals surface area contributed by atoms with Crippen molar-refractivity contribution < 1.29 is 39.8 Å². The molecule has 0 spiro atoms. The van der Waals surface area contributed by atoms with Gasteiger partial charge in [-0.1, -0.05) is 13.0 Å². The Balaban J connectivity index is 1.94. The zero-order chi connectivity index (χ0) is 20.7. The van der Waals surface area contributed by atoms with Crippen molar-refractivity contribution >= 4 is 5.78 Å². The summed E-state index contributed by atoms with van der Waals surface area (Å²) in [5.74, 6) is -0.633. The topological polar surface area (TPSA) is 137 Å². The van der Waals surface area contributed by atoms with Crippen molar-refractivity contribution in [2.24, 2.45) is 5.92 Å². The molecule has 1 heterocycles. The lowest BCUT2D eigenvalue weighted by Crippen LogP contribution is -2.59. The van der Waals surface area contributed by atoms with Gasteiger partial charge in [0, 0.05) is 12.2 Å². The van der Waals surface area contributed by atoms with Crippen LogP contribution in [-0.4, -0.2) is 75.2 Å². The summed E-state index contributed by atoms with van der Waals surface area (Å²) in [6, 6.07) is 1.85. The highest BCUT2D eigenvalue weighted by atomic mass is 16.7. The van der Waals surface area contributed by atoms with Crippen LogP contribution in [0, 0.1) is 19.8 Å². The molecule has 0 radical (unpaired) electrons. The molecule has 8 heteroatoms. The van der Waals surface area contributed by atoms with E-state index in [-0.39, 0.29) is 12.4 Å². The summed E-state index contributed by atoms with van der Waals surface area (Å²) < 4.78 is 11.3. The van der Waals surface area contributed by atoms with Crippen LogP contribution < -0.4 is 0 Å². The van der Waals surface area contributed by atoms with E-state index in [1.54, 1.807) is 6.92 Å². The molecule has 3 rings (SSSR count). The first-order valence-corrected chi connectivity index (χ1v) is 9.46. The first-order chi connectivity index (χ1) is 13.2. The largest absolute Gasteiger partial charge is 0.396 e. The smallest absolute Gasteiger partial charge is 0.187 e. The van der Waals surface area contributed by atoms with Crippen LogP contribution >= 0.6 is 0 Å². The van der Waals surface area contributed by atoms with E-state index in [0.717, 1.165) is 16.7 Å². The van der Waals surface area contributed by atoms with Crippen LogP contribution in [0.2, 0.25) is 0 Å². The van der Waals surface area contributed by atoms with Gasteiger partial charge in [-0.05, 0) is 42.5 Å². The number of hydrogen-bond acceptors (Lipinski definition) is 8. The van der Waals surface area contributed by atoms with Crippen LogP contribution in [0.1, 0.15) is 45.6 Å². The van der Waals surface area contributed by atoms with Gasteiger partial charge in [-0.25, -0.2) is 0 Å². The van der Waals surface area contributed by atoms with Gasteiger partial charge in [-0.15, -0.1) is 0 Å². The number of carbonyl (C=O) groups is 1. The summed E-state index contributed by atoms with van der Waals surface area (Å²) in [5.41, 5.74) is 3.88. The van der Waals surface area contributed by atoms with Gasteiger partial charge in [0.15, 0.2) is 12.1 Å². The Morgan fingerprint density at radius 2 is 1.79 bits per heavy atom. The zero-order valence-electron chi connectivity index (χ0n) is 16.2. The highest BCUT2D eigenvalue weighted by Gasteiger charge is 2.48. The fraction of sp³-hybridized carbons (Fsp3) is 0.650. The molecule has 1 aromatic carbocycles. The van der Waals surface area contributed by atoms with Gasteiger partial charge in [0.1, 0.15) is 24.4 Å². The van der Waals surface area contributed by atoms with E-state index in [2.05, 4.69) is 0 Å². The highest BCUT2D eigenvalue weighted by Crippen LogP contribution is 2.43. The van der Waals surface area contributed by atoms with Crippen molar-refractivity contribution in [1.82, 2.24) is 0 Å². The zero-order valence-corrected chi connectivity index (χ0v) is 16.2. The van der Waals surface area contributed by atoms with Gasteiger partial charge in [-0.3, -0.25) is 4.79 Å². The minimum Gasteiger partial charge on any atom is -0.396 e. The summed E-state index contributed by atoms with van der Waals surface area (Å²) in [4.78, 5) is 12.9. The maximum Gasteiger partial charge on any atom is 0.187 e. The Hall–Kier alpha value is -1.39. The molecule has 1 aliphatic carbocycles. The van der Waals surface area contributed by atoms with Gasteiger partial charge in [0.05, 0.1) is 18.6 Å².